The zero-order valence-electron chi connectivity index (χ0n) is 12.8. The summed E-state index contributed by atoms with van der Waals surface area (Å²) < 4.78 is 24.0. The summed E-state index contributed by atoms with van der Waals surface area (Å²) in [5, 5.41) is 9.51. The average molecular weight is 319 g/mol. The summed E-state index contributed by atoms with van der Waals surface area (Å²) in [5.74, 6) is -0.529. The van der Waals surface area contributed by atoms with Crippen LogP contribution in [0.15, 0.2) is 30.3 Å². The van der Waals surface area contributed by atoms with Crippen LogP contribution in [0, 0.1) is 11.2 Å². The second-order valence-electron chi connectivity index (χ2n) is 5.98. The lowest BCUT2D eigenvalue weighted by Gasteiger charge is -2.37. The van der Waals surface area contributed by atoms with Gasteiger partial charge in [0.15, 0.2) is 11.6 Å². The van der Waals surface area contributed by atoms with Crippen molar-refractivity contribution in [2.45, 2.75) is 13.5 Å². The van der Waals surface area contributed by atoms with Gasteiger partial charge in [0.2, 0.25) is 0 Å². The standard InChI is InChI=1S/C16H18FN3O3/c1-16(9-22-10-16)8-18-15(21)13-6-11(19-20-13)7-23-14-5-3-2-4-12(14)17/h2-6H,7-10H2,1H3,(H,18,21)(H,19,20). The van der Waals surface area contributed by atoms with E-state index in [2.05, 4.69) is 22.4 Å². The Morgan fingerprint density at radius 3 is 2.96 bits per heavy atom. The minimum atomic E-state index is -0.430. The molecule has 1 amide bonds. The third kappa shape index (κ3) is 3.68. The van der Waals surface area contributed by atoms with E-state index in [9.17, 15) is 9.18 Å². The van der Waals surface area contributed by atoms with Crippen molar-refractivity contribution < 1.29 is 18.7 Å². The molecule has 3 rings (SSSR count). The van der Waals surface area contributed by atoms with Gasteiger partial charge in [0.1, 0.15) is 12.3 Å². The molecule has 23 heavy (non-hydrogen) atoms. The highest BCUT2D eigenvalue weighted by Gasteiger charge is 2.33. The van der Waals surface area contributed by atoms with Crippen LogP contribution in [0.25, 0.3) is 0 Å². The fourth-order valence-electron chi connectivity index (χ4n) is 2.21. The summed E-state index contributed by atoms with van der Waals surface area (Å²) in [6, 6.07) is 7.74. The number of aromatic nitrogens is 2. The van der Waals surface area contributed by atoms with Gasteiger partial charge in [-0.05, 0) is 18.2 Å². The first-order valence-corrected chi connectivity index (χ1v) is 7.33. The van der Waals surface area contributed by atoms with E-state index in [-0.39, 0.29) is 29.4 Å². The third-order valence-corrected chi connectivity index (χ3v) is 3.66. The van der Waals surface area contributed by atoms with Crippen molar-refractivity contribution in [1.29, 1.82) is 0 Å². The monoisotopic (exact) mass is 319 g/mol. The number of H-pyrrole nitrogens is 1. The zero-order valence-corrected chi connectivity index (χ0v) is 12.8. The van der Waals surface area contributed by atoms with E-state index < -0.39 is 5.82 Å². The van der Waals surface area contributed by atoms with Crippen molar-refractivity contribution in [1.82, 2.24) is 15.5 Å². The Morgan fingerprint density at radius 1 is 1.48 bits per heavy atom. The van der Waals surface area contributed by atoms with Gasteiger partial charge in [0, 0.05) is 12.0 Å². The minimum Gasteiger partial charge on any atom is -0.484 e. The van der Waals surface area contributed by atoms with Crippen molar-refractivity contribution in [3.8, 4) is 5.75 Å². The number of amides is 1. The molecule has 2 aromatic rings. The Hall–Kier alpha value is -2.41. The smallest absolute Gasteiger partial charge is 0.271 e. The first-order valence-electron chi connectivity index (χ1n) is 7.33. The van der Waals surface area contributed by atoms with Gasteiger partial charge in [-0.1, -0.05) is 19.1 Å². The number of hydrogen-bond donors (Lipinski definition) is 2. The molecule has 1 aromatic carbocycles. The van der Waals surface area contributed by atoms with E-state index in [0.29, 0.717) is 25.5 Å². The number of nitrogens with one attached hydrogen (secondary N) is 2. The number of ether oxygens (including phenoxy) is 2. The molecule has 1 aromatic heterocycles. The molecule has 0 saturated carbocycles. The summed E-state index contributed by atoms with van der Waals surface area (Å²) in [6.07, 6.45) is 0. The summed E-state index contributed by atoms with van der Waals surface area (Å²) >= 11 is 0. The summed E-state index contributed by atoms with van der Waals surface area (Å²) in [4.78, 5) is 12.0. The van der Waals surface area contributed by atoms with Crippen LogP contribution < -0.4 is 10.1 Å². The molecule has 122 valence electrons. The van der Waals surface area contributed by atoms with E-state index in [1.54, 1.807) is 24.3 Å². The number of nitrogens with zero attached hydrogens (tertiary/aromatic N) is 1. The normalized spacial score (nSPS) is 15.7. The molecule has 2 heterocycles. The highest BCUT2D eigenvalue weighted by Crippen LogP contribution is 2.25. The Bertz CT molecular complexity index is 697. The SMILES string of the molecule is CC1(CNC(=O)c2cc(COc3ccccc3F)[nH]n2)COC1. The molecule has 0 bridgehead atoms. The van der Waals surface area contributed by atoms with E-state index in [4.69, 9.17) is 9.47 Å². The lowest BCUT2D eigenvalue weighted by molar-refractivity contribution is -0.0978. The fourth-order valence-corrected chi connectivity index (χ4v) is 2.21. The van der Waals surface area contributed by atoms with Crippen LogP contribution in [0.4, 0.5) is 4.39 Å². The van der Waals surface area contributed by atoms with Gasteiger partial charge in [0.05, 0.1) is 18.9 Å². The number of carbonyl (C=O) groups is 1. The maximum Gasteiger partial charge on any atom is 0.271 e. The second-order valence-corrected chi connectivity index (χ2v) is 5.98. The molecule has 1 saturated heterocycles. The van der Waals surface area contributed by atoms with Crippen molar-refractivity contribution >= 4 is 5.91 Å². The van der Waals surface area contributed by atoms with Gasteiger partial charge >= 0.3 is 0 Å². The maximum atomic E-state index is 13.5. The predicted octanol–water partition coefficient (Wildman–Crippen LogP) is 1.89. The molecule has 0 spiro atoms. The van der Waals surface area contributed by atoms with E-state index in [0.717, 1.165) is 0 Å². The molecule has 2 N–H and O–H groups in total. The number of benzene rings is 1. The van der Waals surface area contributed by atoms with E-state index >= 15 is 0 Å². The van der Waals surface area contributed by atoms with Gasteiger partial charge in [-0.25, -0.2) is 4.39 Å². The average Bonchev–Trinajstić information content (AvgIpc) is 2.99. The van der Waals surface area contributed by atoms with Crippen LogP contribution in [0.1, 0.15) is 23.1 Å². The predicted molar refractivity (Wildman–Crippen MR) is 80.6 cm³/mol. The largest absolute Gasteiger partial charge is 0.484 e. The van der Waals surface area contributed by atoms with Gasteiger partial charge < -0.3 is 14.8 Å². The Kier molecular flexibility index (Phi) is 4.29. The fraction of sp³-hybridized carbons (Fsp3) is 0.375. The summed E-state index contributed by atoms with van der Waals surface area (Å²) in [7, 11) is 0. The van der Waals surface area contributed by atoms with Gasteiger partial charge in [-0.15, -0.1) is 0 Å². The van der Waals surface area contributed by atoms with Crippen LogP contribution in [-0.2, 0) is 11.3 Å². The van der Waals surface area contributed by atoms with Crippen molar-refractivity contribution in [2.75, 3.05) is 19.8 Å². The Balaban J connectivity index is 1.53. The van der Waals surface area contributed by atoms with E-state index in [1.807, 2.05) is 0 Å². The molecule has 0 atom stereocenters. The van der Waals surface area contributed by atoms with Crippen molar-refractivity contribution in [3.05, 3.63) is 47.5 Å². The van der Waals surface area contributed by atoms with Gasteiger partial charge in [-0.3, -0.25) is 9.89 Å². The molecule has 1 aliphatic rings. The summed E-state index contributed by atoms with van der Waals surface area (Å²) in [6.45, 7) is 3.99. The highest BCUT2D eigenvalue weighted by molar-refractivity contribution is 5.92. The Labute approximate surface area is 133 Å². The molecule has 1 fully saturated rings. The highest BCUT2D eigenvalue weighted by atomic mass is 19.1. The van der Waals surface area contributed by atoms with Crippen LogP contribution in [0.5, 0.6) is 5.75 Å². The molecule has 1 aliphatic heterocycles. The molecule has 6 nitrogen and oxygen atoms in total. The number of rotatable bonds is 6. The quantitative estimate of drug-likeness (QED) is 0.852. The zero-order chi connectivity index (χ0) is 16.3. The number of halogens is 1. The molecule has 7 heteroatoms. The second kappa shape index (κ2) is 6.37. The van der Waals surface area contributed by atoms with E-state index in [1.165, 1.54) is 6.07 Å². The van der Waals surface area contributed by atoms with Crippen molar-refractivity contribution in [3.63, 3.8) is 0 Å². The molecule has 0 aliphatic carbocycles. The van der Waals surface area contributed by atoms with Crippen LogP contribution in [0.2, 0.25) is 0 Å². The van der Waals surface area contributed by atoms with Gasteiger partial charge in [0.25, 0.3) is 5.91 Å². The first kappa shape index (κ1) is 15.5. The molecular weight excluding hydrogens is 301 g/mol. The summed E-state index contributed by atoms with van der Waals surface area (Å²) in [5.41, 5.74) is 0.875. The Morgan fingerprint density at radius 2 is 2.26 bits per heavy atom. The number of hydrogen-bond acceptors (Lipinski definition) is 4. The van der Waals surface area contributed by atoms with Crippen LogP contribution in [0.3, 0.4) is 0 Å². The number of para-hydroxylation sites is 1. The third-order valence-electron chi connectivity index (χ3n) is 3.66. The molecular formula is C16H18FN3O3. The van der Waals surface area contributed by atoms with Crippen LogP contribution in [-0.4, -0.2) is 35.9 Å². The first-order chi connectivity index (χ1) is 11.1. The minimum absolute atomic E-state index is 0.00272. The number of carbonyl (C=O) groups excluding carboxylic acids is 1. The maximum absolute atomic E-state index is 13.5. The molecule has 0 radical (unpaired) electrons. The molecule has 0 unspecified atom stereocenters. The van der Waals surface area contributed by atoms with Gasteiger partial charge in [-0.2, -0.15) is 5.10 Å². The lowest BCUT2D eigenvalue weighted by Crippen LogP contribution is -2.48. The van der Waals surface area contributed by atoms with Crippen LogP contribution >= 0.6 is 0 Å². The number of aromatic amines is 1. The lowest BCUT2D eigenvalue weighted by atomic mass is 9.89. The topological polar surface area (TPSA) is 76.2 Å². The van der Waals surface area contributed by atoms with Crippen molar-refractivity contribution in [2.24, 2.45) is 5.41 Å².